The molecule has 0 spiro atoms. The summed E-state index contributed by atoms with van der Waals surface area (Å²) in [4.78, 5) is 4.50. The Balaban J connectivity index is 2.11. The van der Waals surface area contributed by atoms with E-state index in [4.69, 9.17) is 4.42 Å². The molecule has 0 aliphatic heterocycles. The smallest absolute Gasteiger partial charge is 0.169 e. The van der Waals surface area contributed by atoms with E-state index < -0.39 is 0 Å². The first-order valence-electron chi connectivity index (χ1n) is 6.88. The highest BCUT2D eigenvalue weighted by Crippen LogP contribution is 2.30. The number of pyridine rings is 1. The Morgan fingerprint density at radius 1 is 1.24 bits per heavy atom. The number of aromatic nitrogens is 1. The molecule has 0 aliphatic carbocycles. The van der Waals surface area contributed by atoms with Gasteiger partial charge in [-0.15, -0.1) is 0 Å². The van der Waals surface area contributed by atoms with Crippen LogP contribution in [0.1, 0.15) is 28.6 Å². The molecule has 1 unspecified atom stereocenters. The van der Waals surface area contributed by atoms with Gasteiger partial charge in [-0.3, -0.25) is 4.98 Å². The number of halogens is 1. The minimum Gasteiger partial charge on any atom is -0.456 e. The van der Waals surface area contributed by atoms with Crippen molar-refractivity contribution < 1.29 is 8.81 Å². The summed E-state index contributed by atoms with van der Waals surface area (Å²) in [5, 5.41) is 3.96. The predicted molar refractivity (Wildman–Crippen MR) is 80.8 cm³/mol. The lowest BCUT2D eigenvalue weighted by molar-refractivity contribution is 0.471. The van der Waals surface area contributed by atoms with Crippen molar-refractivity contribution in [1.29, 1.82) is 0 Å². The number of hydrogen-bond donors (Lipinski definition) is 1. The fourth-order valence-electron chi connectivity index (χ4n) is 2.63. The van der Waals surface area contributed by atoms with Gasteiger partial charge < -0.3 is 9.73 Å². The third-order valence-corrected chi connectivity index (χ3v) is 3.62. The van der Waals surface area contributed by atoms with Crippen LogP contribution in [0.4, 0.5) is 4.39 Å². The molecule has 0 saturated heterocycles. The molecule has 0 bridgehead atoms. The molecule has 2 aromatic heterocycles. The van der Waals surface area contributed by atoms with Crippen LogP contribution in [0.15, 0.2) is 40.9 Å². The van der Waals surface area contributed by atoms with Crippen LogP contribution in [0.5, 0.6) is 0 Å². The summed E-state index contributed by atoms with van der Waals surface area (Å²) in [5.74, 6) is 0.319. The Kier molecular flexibility index (Phi) is 3.47. The van der Waals surface area contributed by atoms with Crippen LogP contribution < -0.4 is 5.32 Å². The Morgan fingerprint density at radius 3 is 2.71 bits per heavy atom. The Hall–Kier alpha value is -2.20. The van der Waals surface area contributed by atoms with Gasteiger partial charge in [-0.05, 0) is 44.2 Å². The van der Waals surface area contributed by atoms with E-state index in [1.54, 1.807) is 6.07 Å². The summed E-state index contributed by atoms with van der Waals surface area (Å²) >= 11 is 0. The summed E-state index contributed by atoms with van der Waals surface area (Å²) in [5.41, 5.74) is 3.37. The number of hydrogen-bond acceptors (Lipinski definition) is 3. The van der Waals surface area contributed by atoms with E-state index in [0.29, 0.717) is 5.76 Å². The van der Waals surface area contributed by atoms with Gasteiger partial charge in [-0.2, -0.15) is 0 Å². The molecule has 3 aromatic rings. The van der Waals surface area contributed by atoms with Gasteiger partial charge in [0.05, 0.1) is 5.69 Å². The summed E-state index contributed by atoms with van der Waals surface area (Å²) in [7, 11) is 1.84. The molecule has 1 N–H and O–H groups in total. The minimum atomic E-state index is -0.345. The second kappa shape index (κ2) is 5.30. The van der Waals surface area contributed by atoms with Crippen molar-refractivity contribution in [3.63, 3.8) is 0 Å². The van der Waals surface area contributed by atoms with Crippen LogP contribution in [0.25, 0.3) is 11.0 Å². The standard InChI is InChI=1S/C17H17FN2O/c1-10-7-11(2)15(20-9-10)16(19-3)14-8-12-5-4-6-13(18)17(12)21-14/h4-9,16,19H,1-3H3. The Morgan fingerprint density at radius 2 is 2.05 bits per heavy atom. The number of benzene rings is 1. The monoisotopic (exact) mass is 284 g/mol. The van der Waals surface area contributed by atoms with Crippen molar-refractivity contribution >= 4 is 11.0 Å². The highest BCUT2D eigenvalue weighted by Gasteiger charge is 2.21. The minimum absolute atomic E-state index is 0.197. The third kappa shape index (κ3) is 2.43. The molecule has 0 saturated carbocycles. The summed E-state index contributed by atoms with van der Waals surface area (Å²) in [6.45, 7) is 4.03. The van der Waals surface area contributed by atoms with Crippen molar-refractivity contribution in [3.8, 4) is 0 Å². The molecule has 0 radical (unpaired) electrons. The lowest BCUT2D eigenvalue weighted by Crippen LogP contribution is -2.19. The van der Waals surface area contributed by atoms with Crippen molar-refractivity contribution in [2.24, 2.45) is 0 Å². The van der Waals surface area contributed by atoms with Gasteiger partial charge in [-0.25, -0.2) is 4.39 Å². The normalized spacial score (nSPS) is 12.8. The second-order valence-corrected chi connectivity index (χ2v) is 5.24. The average Bonchev–Trinajstić information content (AvgIpc) is 2.87. The van der Waals surface area contributed by atoms with E-state index in [9.17, 15) is 4.39 Å². The molecule has 2 heterocycles. The second-order valence-electron chi connectivity index (χ2n) is 5.24. The van der Waals surface area contributed by atoms with Gasteiger partial charge in [0.25, 0.3) is 0 Å². The van der Waals surface area contributed by atoms with Gasteiger partial charge >= 0.3 is 0 Å². The van der Waals surface area contributed by atoms with E-state index in [0.717, 1.165) is 22.2 Å². The van der Waals surface area contributed by atoms with Crippen LogP contribution in [-0.4, -0.2) is 12.0 Å². The van der Waals surface area contributed by atoms with Crippen LogP contribution in [-0.2, 0) is 0 Å². The first-order valence-corrected chi connectivity index (χ1v) is 6.88. The molecule has 0 fully saturated rings. The quantitative estimate of drug-likeness (QED) is 0.793. The Labute approximate surface area is 122 Å². The molecule has 4 heteroatoms. The van der Waals surface area contributed by atoms with Crippen molar-refractivity contribution in [3.05, 3.63) is 64.9 Å². The topological polar surface area (TPSA) is 38.1 Å². The average molecular weight is 284 g/mol. The first kappa shape index (κ1) is 13.8. The largest absolute Gasteiger partial charge is 0.456 e. The van der Waals surface area contributed by atoms with Crippen molar-refractivity contribution in [2.75, 3.05) is 7.05 Å². The van der Waals surface area contributed by atoms with Gasteiger partial charge in [0.15, 0.2) is 11.4 Å². The van der Waals surface area contributed by atoms with Crippen LogP contribution in [0.2, 0.25) is 0 Å². The van der Waals surface area contributed by atoms with E-state index in [-0.39, 0.29) is 17.4 Å². The van der Waals surface area contributed by atoms with Crippen LogP contribution in [0, 0.1) is 19.7 Å². The maximum atomic E-state index is 13.8. The number of nitrogens with zero attached hydrogens (tertiary/aromatic N) is 1. The maximum absolute atomic E-state index is 13.8. The van der Waals surface area contributed by atoms with Gasteiger partial charge in [0.2, 0.25) is 0 Å². The zero-order valence-corrected chi connectivity index (χ0v) is 12.3. The first-order chi connectivity index (χ1) is 10.1. The molecule has 0 amide bonds. The molecule has 3 nitrogen and oxygen atoms in total. The Bertz CT molecular complexity index is 795. The molecule has 1 atom stereocenters. The lowest BCUT2D eigenvalue weighted by atomic mass is 10.0. The zero-order chi connectivity index (χ0) is 15.0. The molecule has 1 aromatic carbocycles. The number of aryl methyl sites for hydroxylation is 2. The van der Waals surface area contributed by atoms with Crippen molar-refractivity contribution in [2.45, 2.75) is 19.9 Å². The SMILES string of the molecule is CNC(c1cc2cccc(F)c2o1)c1ncc(C)cc1C. The molecule has 3 rings (SSSR count). The van der Waals surface area contributed by atoms with Crippen molar-refractivity contribution in [1.82, 2.24) is 10.3 Å². The van der Waals surface area contributed by atoms with E-state index in [1.807, 2.05) is 39.2 Å². The van der Waals surface area contributed by atoms with Gasteiger partial charge in [0, 0.05) is 11.6 Å². The number of rotatable bonds is 3. The fraction of sp³-hybridized carbons (Fsp3) is 0.235. The van der Waals surface area contributed by atoms with Crippen LogP contribution >= 0.6 is 0 Å². The summed E-state index contributed by atoms with van der Waals surface area (Å²) in [6, 6.07) is 8.67. The van der Waals surface area contributed by atoms with E-state index in [2.05, 4.69) is 16.4 Å². The highest BCUT2D eigenvalue weighted by atomic mass is 19.1. The number of nitrogens with one attached hydrogen (secondary N) is 1. The predicted octanol–water partition coefficient (Wildman–Crippen LogP) is 3.89. The lowest BCUT2D eigenvalue weighted by Gasteiger charge is -2.15. The third-order valence-electron chi connectivity index (χ3n) is 3.62. The zero-order valence-electron chi connectivity index (χ0n) is 12.3. The van der Waals surface area contributed by atoms with Gasteiger partial charge in [0.1, 0.15) is 11.8 Å². The molecule has 0 aliphatic rings. The highest BCUT2D eigenvalue weighted by molar-refractivity contribution is 5.78. The number of furan rings is 1. The fourth-order valence-corrected chi connectivity index (χ4v) is 2.63. The number of fused-ring (bicyclic) bond motifs is 1. The molecule has 108 valence electrons. The van der Waals surface area contributed by atoms with Gasteiger partial charge in [-0.1, -0.05) is 18.2 Å². The number of para-hydroxylation sites is 1. The maximum Gasteiger partial charge on any atom is 0.169 e. The summed E-state index contributed by atoms with van der Waals surface area (Å²) in [6.07, 6.45) is 1.83. The molecular weight excluding hydrogens is 267 g/mol. The summed E-state index contributed by atoms with van der Waals surface area (Å²) < 4.78 is 19.5. The van der Waals surface area contributed by atoms with E-state index >= 15 is 0 Å². The molecular formula is C17H17FN2O. The van der Waals surface area contributed by atoms with E-state index in [1.165, 1.54) is 6.07 Å². The van der Waals surface area contributed by atoms with Crippen LogP contribution in [0.3, 0.4) is 0 Å². The molecule has 21 heavy (non-hydrogen) atoms.